The Kier molecular flexibility index (Phi) is 6.40. The zero-order chi connectivity index (χ0) is 25.1. The number of carbonyl (C=O) groups excluding carboxylic acids is 1. The number of aromatic nitrogens is 5. The van der Waals surface area contributed by atoms with Gasteiger partial charge in [0.2, 0.25) is 12.3 Å². The molecule has 10 heteroatoms. The molecular weight excluding hydrogens is 469 g/mol. The summed E-state index contributed by atoms with van der Waals surface area (Å²) in [5, 5.41) is 2.63. The Bertz CT molecular complexity index is 1510. The number of hydrogen-bond acceptors (Lipinski definition) is 5. The van der Waals surface area contributed by atoms with Gasteiger partial charge < -0.3 is 10.3 Å². The molecule has 0 fully saturated rings. The first-order chi connectivity index (χ1) is 17.5. The number of aromatic amines is 1. The van der Waals surface area contributed by atoms with Gasteiger partial charge in [-0.2, -0.15) is 0 Å². The van der Waals surface area contributed by atoms with Gasteiger partial charge in [0, 0.05) is 36.8 Å². The first kappa shape index (κ1) is 23.2. The van der Waals surface area contributed by atoms with E-state index in [0.717, 1.165) is 17.6 Å². The van der Waals surface area contributed by atoms with Crippen LogP contribution in [-0.2, 0) is 4.79 Å². The zero-order valence-electron chi connectivity index (χ0n) is 18.7. The number of benzene rings is 1. The third-order valence-electron chi connectivity index (χ3n) is 5.65. The fourth-order valence-electron chi connectivity index (χ4n) is 4.02. The Balaban J connectivity index is 1.50. The van der Waals surface area contributed by atoms with E-state index in [-0.39, 0.29) is 11.4 Å². The summed E-state index contributed by atoms with van der Waals surface area (Å²) in [6, 6.07) is 13.7. The second-order valence-electron chi connectivity index (χ2n) is 8.00. The summed E-state index contributed by atoms with van der Waals surface area (Å²) >= 11 is 0. The van der Waals surface area contributed by atoms with E-state index >= 15 is 0 Å². The molecule has 1 amide bonds. The molecular formula is C26H19F3N6O. The number of rotatable bonds is 7. The molecule has 0 saturated carbocycles. The van der Waals surface area contributed by atoms with Crippen LogP contribution in [0.5, 0.6) is 0 Å². The molecule has 1 unspecified atom stereocenters. The van der Waals surface area contributed by atoms with Gasteiger partial charge in [0.15, 0.2) is 5.82 Å². The van der Waals surface area contributed by atoms with Crippen LogP contribution in [0.15, 0.2) is 79.4 Å². The van der Waals surface area contributed by atoms with Gasteiger partial charge in [0.25, 0.3) is 0 Å². The number of amides is 1. The monoisotopic (exact) mass is 488 g/mol. The van der Waals surface area contributed by atoms with Crippen molar-refractivity contribution in [3.63, 3.8) is 0 Å². The van der Waals surface area contributed by atoms with E-state index in [1.807, 2.05) is 6.07 Å². The van der Waals surface area contributed by atoms with E-state index in [0.29, 0.717) is 28.2 Å². The molecule has 7 nitrogen and oxygen atoms in total. The topological polar surface area (TPSA) is 96.5 Å². The fraction of sp³-hybridized carbons (Fsp3) is 0.115. The second kappa shape index (κ2) is 9.95. The Morgan fingerprint density at radius 3 is 2.42 bits per heavy atom. The average molecular weight is 488 g/mol. The molecule has 36 heavy (non-hydrogen) atoms. The van der Waals surface area contributed by atoms with Crippen molar-refractivity contribution in [2.45, 2.75) is 18.8 Å². The van der Waals surface area contributed by atoms with E-state index in [9.17, 15) is 18.0 Å². The van der Waals surface area contributed by atoms with Crippen molar-refractivity contribution < 1.29 is 18.0 Å². The first-order valence-corrected chi connectivity index (χ1v) is 11.0. The number of fused-ring (bicyclic) bond motifs is 1. The van der Waals surface area contributed by atoms with Crippen LogP contribution in [0.1, 0.15) is 17.9 Å². The maximum Gasteiger partial charge on any atom is 0.239 e. The number of nitrogens with zero attached hydrogens (tertiary/aromatic N) is 4. The van der Waals surface area contributed by atoms with Crippen LogP contribution < -0.4 is 5.32 Å². The Morgan fingerprint density at radius 1 is 0.917 bits per heavy atom. The lowest BCUT2D eigenvalue weighted by molar-refractivity contribution is -0.118. The summed E-state index contributed by atoms with van der Waals surface area (Å²) in [4.78, 5) is 33.7. The highest BCUT2D eigenvalue weighted by Crippen LogP contribution is 2.36. The van der Waals surface area contributed by atoms with Crippen LogP contribution in [0.2, 0.25) is 0 Å². The lowest BCUT2D eigenvalue weighted by Gasteiger charge is -2.17. The van der Waals surface area contributed by atoms with Gasteiger partial charge in [0.05, 0.1) is 28.2 Å². The van der Waals surface area contributed by atoms with Crippen LogP contribution in [0.3, 0.4) is 0 Å². The summed E-state index contributed by atoms with van der Waals surface area (Å²) in [7, 11) is 0. The number of alkyl halides is 2. The SMILES string of the molecule is O=C(Nc1cc(-c2[nH]c3cccnc3c2-c2ncccn2)ccn1)C(CC(F)F)c1ccc(F)cc1. The van der Waals surface area contributed by atoms with Gasteiger partial charge in [-0.25, -0.2) is 28.1 Å². The normalized spacial score (nSPS) is 12.1. The molecule has 0 radical (unpaired) electrons. The first-order valence-electron chi connectivity index (χ1n) is 11.0. The molecule has 4 heterocycles. The number of anilines is 1. The minimum Gasteiger partial charge on any atom is -0.353 e. The van der Waals surface area contributed by atoms with Crippen molar-refractivity contribution >= 4 is 22.8 Å². The van der Waals surface area contributed by atoms with Gasteiger partial charge in [-0.3, -0.25) is 9.78 Å². The maximum absolute atomic E-state index is 13.3. The van der Waals surface area contributed by atoms with Crippen molar-refractivity contribution in [3.05, 3.63) is 90.8 Å². The van der Waals surface area contributed by atoms with E-state index in [4.69, 9.17) is 0 Å². The highest BCUT2D eigenvalue weighted by Gasteiger charge is 2.26. The smallest absolute Gasteiger partial charge is 0.239 e. The predicted molar refractivity (Wildman–Crippen MR) is 129 cm³/mol. The van der Waals surface area contributed by atoms with E-state index in [1.54, 1.807) is 42.9 Å². The molecule has 4 aromatic heterocycles. The van der Waals surface area contributed by atoms with Crippen LogP contribution in [-0.4, -0.2) is 37.3 Å². The third kappa shape index (κ3) is 4.78. The van der Waals surface area contributed by atoms with E-state index in [1.165, 1.54) is 18.3 Å². The van der Waals surface area contributed by atoms with Crippen LogP contribution in [0.25, 0.3) is 33.7 Å². The Morgan fingerprint density at radius 2 is 1.67 bits per heavy atom. The summed E-state index contributed by atoms with van der Waals surface area (Å²) in [5.41, 5.74) is 3.73. The quantitative estimate of drug-likeness (QED) is 0.311. The highest BCUT2D eigenvalue weighted by atomic mass is 19.3. The van der Waals surface area contributed by atoms with Gasteiger partial charge in [-0.15, -0.1) is 0 Å². The van der Waals surface area contributed by atoms with Crippen molar-refractivity contribution in [2.24, 2.45) is 0 Å². The lowest BCUT2D eigenvalue weighted by Crippen LogP contribution is -2.23. The van der Waals surface area contributed by atoms with Gasteiger partial charge in [-0.05, 0) is 48.0 Å². The molecule has 0 bridgehead atoms. The van der Waals surface area contributed by atoms with Gasteiger partial charge in [-0.1, -0.05) is 12.1 Å². The minimum atomic E-state index is -2.72. The number of halogens is 3. The number of nitrogens with one attached hydrogen (secondary N) is 2. The van der Waals surface area contributed by atoms with E-state index < -0.39 is 30.5 Å². The molecule has 5 rings (SSSR count). The Hall–Kier alpha value is -4.60. The molecule has 2 N–H and O–H groups in total. The zero-order valence-corrected chi connectivity index (χ0v) is 18.7. The number of carbonyl (C=O) groups is 1. The lowest BCUT2D eigenvalue weighted by atomic mass is 9.95. The predicted octanol–water partition coefficient (Wildman–Crippen LogP) is 5.60. The second-order valence-corrected chi connectivity index (χ2v) is 8.00. The summed E-state index contributed by atoms with van der Waals surface area (Å²) in [5.74, 6) is -1.73. The molecule has 1 aromatic carbocycles. The largest absolute Gasteiger partial charge is 0.353 e. The van der Waals surface area contributed by atoms with Gasteiger partial charge >= 0.3 is 0 Å². The minimum absolute atomic E-state index is 0.172. The van der Waals surface area contributed by atoms with E-state index in [2.05, 4.69) is 30.2 Å². The van der Waals surface area contributed by atoms with Crippen molar-refractivity contribution in [1.82, 2.24) is 24.9 Å². The standard InChI is InChI=1S/C26H19F3N6O/c27-17-6-4-15(5-7-17)18(14-20(28)29)26(36)35-21-13-16(8-12-30-21)23-22(25-32-10-2-11-33-25)24-19(34-23)3-1-9-31-24/h1-13,18,20,34H,14H2,(H,30,35,36). The summed E-state index contributed by atoms with van der Waals surface area (Å²) in [6.45, 7) is 0. The van der Waals surface area contributed by atoms with Crippen LogP contribution in [0, 0.1) is 5.82 Å². The average Bonchev–Trinajstić information content (AvgIpc) is 3.28. The van der Waals surface area contributed by atoms with Crippen molar-refractivity contribution in [1.29, 1.82) is 0 Å². The van der Waals surface area contributed by atoms with Crippen molar-refractivity contribution in [3.8, 4) is 22.6 Å². The molecule has 0 aliphatic rings. The molecule has 0 aliphatic carbocycles. The van der Waals surface area contributed by atoms with Crippen LogP contribution >= 0.6 is 0 Å². The molecule has 5 aromatic rings. The summed E-state index contributed by atoms with van der Waals surface area (Å²) < 4.78 is 39.8. The number of H-pyrrole nitrogens is 1. The number of pyridine rings is 2. The Labute approximate surface area is 203 Å². The molecule has 0 spiro atoms. The highest BCUT2D eigenvalue weighted by molar-refractivity contribution is 6.00. The molecule has 1 atom stereocenters. The fourth-order valence-corrected chi connectivity index (χ4v) is 4.02. The molecule has 180 valence electrons. The van der Waals surface area contributed by atoms with Crippen LogP contribution in [0.4, 0.5) is 19.0 Å². The molecule has 0 saturated heterocycles. The maximum atomic E-state index is 13.3. The number of hydrogen-bond donors (Lipinski definition) is 2. The summed E-state index contributed by atoms with van der Waals surface area (Å²) in [6.07, 6.45) is 3.00. The molecule has 0 aliphatic heterocycles. The van der Waals surface area contributed by atoms with Gasteiger partial charge in [0.1, 0.15) is 11.6 Å². The van der Waals surface area contributed by atoms with Crippen molar-refractivity contribution in [2.75, 3.05) is 5.32 Å². The third-order valence-corrected chi connectivity index (χ3v) is 5.65.